The number of hydrogen-bond donors (Lipinski definition) is 1. The molecule has 2 unspecified atom stereocenters. The number of fused-ring (bicyclic) bond motifs is 1. The predicted molar refractivity (Wildman–Crippen MR) is 72.4 cm³/mol. The highest BCUT2D eigenvalue weighted by atomic mass is 19.1. The van der Waals surface area contributed by atoms with Gasteiger partial charge in [-0.3, -0.25) is 0 Å². The standard InChI is InChI=1S/C16H15FO3/c1-10-6-7-11(17)8-14(10)20-15-9-19-13-5-3-2-4-12(13)16(15)18/h2-8,15-16,18H,9H2,1H3. The number of hydrogen-bond acceptors (Lipinski definition) is 3. The first kappa shape index (κ1) is 12.9. The molecule has 2 atom stereocenters. The molecule has 0 radical (unpaired) electrons. The minimum atomic E-state index is -0.789. The van der Waals surface area contributed by atoms with Crippen LogP contribution in [0, 0.1) is 12.7 Å². The van der Waals surface area contributed by atoms with Crippen molar-refractivity contribution >= 4 is 0 Å². The van der Waals surface area contributed by atoms with Crippen LogP contribution in [0.25, 0.3) is 0 Å². The van der Waals surface area contributed by atoms with Crippen LogP contribution in [-0.4, -0.2) is 17.8 Å². The summed E-state index contributed by atoms with van der Waals surface area (Å²) >= 11 is 0. The minimum Gasteiger partial charge on any atom is -0.489 e. The Kier molecular flexibility index (Phi) is 3.32. The van der Waals surface area contributed by atoms with Crippen LogP contribution in [-0.2, 0) is 0 Å². The van der Waals surface area contributed by atoms with Gasteiger partial charge in [0.2, 0.25) is 0 Å². The molecule has 0 amide bonds. The number of ether oxygens (including phenoxy) is 2. The van der Waals surface area contributed by atoms with E-state index in [1.54, 1.807) is 12.1 Å². The third-order valence-corrected chi connectivity index (χ3v) is 3.42. The minimum absolute atomic E-state index is 0.230. The van der Waals surface area contributed by atoms with E-state index in [0.29, 0.717) is 17.1 Å². The third-order valence-electron chi connectivity index (χ3n) is 3.42. The van der Waals surface area contributed by atoms with Crippen molar-refractivity contribution in [2.45, 2.75) is 19.1 Å². The van der Waals surface area contributed by atoms with Gasteiger partial charge in [-0.15, -0.1) is 0 Å². The molecule has 1 aliphatic heterocycles. The SMILES string of the molecule is Cc1ccc(F)cc1OC1COc2ccccc2C1O. The fourth-order valence-electron chi connectivity index (χ4n) is 2.28. The molecule has 1 heterocycles. The summed E-state index contributed by atoms with van der Waals surface area (Å²) in [5.41, 5.74) is 1.51. The average Bonchev–Trinajstić information content (AvgIpc) is 2.46. The molecule has 0 fully saturated rings. The van der Waals surface area contributed by atoms with Crippen molar-refractivity contribution in [1.29, 1.82) is 0 Å². The fourth-order valence-corrected chi connectivity index (χ4v) is 2.28. The number of aliphatic hydroxyl groups is 1. The van der Waals surface area contributed by atoms with Crippen molar-refractivity contribution in [1.82, 2.24) is 0 Å². The summed E-state index contributed by atoms with van der Waals surface area (Å²) in [6.45, 7) is 2.06. The number of halogens is 1. The Morgan fingerprint density at radius 2 is 2.05 bits per heavy atom. The second kappa shape index (κ2) is 5.13. The number of aryl methyl sites for hydroxylation is 1. The Bertz CT molecular complexity index is 627. The quantitative estimate of drug-likeness (QED) is 0.915. The summed E-state index contributed by atoms with van der Waals surface area (Å²) in [4.78, 5) is 0. The molecule has 0 bridgehead atoms. The summed E-state index contributed by atoms with van der Waals surface area (Å²) in [5.74, 6) is 0.727. The van der Waals surface area contributed by atoms with Gasteiger partial charge in [-0.1, -0.05) is 24.3 Å². The van der Waals surface area contributed by atoms with Gasteiger partial charge in [-0.05, 0) is 24.6 Å². The van der Waals surface area contributed by atoms with Crippen molar-refractivity contribution in [3.63, 3.8) is 0 Å². The summed E-state index contributed by atoms with van der Waals surface area (Å²) in [7, 11) is 0. The molecular formula is C16H15FO3. The molecular weight excluding hydrogens is 259 g/mol. The maximum atomic E-state index is 13.3. The second-order valence-corrected chi connectivity index (χ2v) is 4.86. The lowest BCUT2D eigenvalue weighted by molar-refractivity contribution is -0.0107. The van der Waals surface area contributed by atoms with E-state index >= 15 is 0 Å². The lowest BCUT2D eigenvalue weighted by Gasteiger charge is -2.30. The first-order valence-electron chi connectivity index (χ1n) is 6.48. The zero-order valence-electron chi connectivity index (χ0n) is 11.0. The maximum Gasteiger partial charge on any atom is 0.163 e. The molecule has 3 nitrogen and oxygen atoms in total. The Morgan fingerprint density at radius 1 is 1.25 bits per heavy atom. The van der Waals surface area contributed by atoms with Crippen LogP contribution in [0.4, 0.5) is 4.39 Å². The van der Waals surface area contributed by atoms with E-state index < -0.39 is 12.2 Å². The van der Waals surface area contributed by atoms with Crippen molar-refractivity contribution in [2.75, 3.05) is 6.61 Å². The summed E-state index contributed by atoms with van der Waals surface area (Å²) in [6, 6.07) is 11.6. The molecule has 104 valence electrons. The molecule has 3 rings (SSSR count). The van der Waals surface area contributed by atoms with E-state index in [1.807, 2.05) is 25.1 Å². The van der Waals surface area contributed by atoms with E-state index in [4.69, 9.17) is 9.47 Å². The van der Waals surface area contributed by atoms with E-state index in [9.17, 15) is 9.50 Å². The lowest BCUT2D eigenvalue weighted by atomic mass is 10.0. The van der Waals surface area contributed by atoms with E-state index in [2.05, 4.69) is 0 Å². The van der Waals surface area contributed by atoms with E-state index in [1.165, 1.54) is 12.1 Å². The molecule has 0 saturated carbocycles. The number of aliphatic hydroxyl groups excluding tert-OH is 1. The van der Waals surface area contributed by atoms with Crippen LogP contribution in [0.1, 0.15) is 17.2 Å². The van der Waals surface area contributed by atoms with Crippen molar-refractivity contribution in [3.8, 4) is 11.5 Å². The Hall–Kier alpha value is -2.07. The van der Waals surface area contributed by atoms with Crippen LogP contribution >= 0.6 is 0 Å². The van der Waals surface area contributed by atoms with Crippen LogP contribution in [0.2, 0.25) is 0 Å². The highest BCUT2D eigenvalue weighted by Gasteiger charge is 2.31. The molecule has 0 saturated heterocycles. The van der Waals surface area contributed by atoms with E-state index in [-0.39, 0.29) is 12.4 Å². The Balaban J connectivity index is 1.84. The van der Waals surface area contributed by atoms with Gasteiger partial charge >= 0.3 is 0 Å². The maximum absolute atomic E-state index is 13.3. The van der Waals surface area contributed by atoms with E-state index in [0.717, 1.165) is 5.56 Å². The highest BCUT2D eigenvalue weighted by molar-refractivity contribution is 5.38. The zero-order valence-corrected chi connectivity index (χ0v) is 11.0. The van der Waals surface area contributed by atoms with Gasteiger partial charge in [-0.2, -0.15) is 0 Å². The molecule has 2 aromatic rings. The van der Waals surface area contributed by atoms with Crippen molar-refractivity contribution in [3.05, 3.63) is 59.4 Å². The summed E-state index contributed by atoms with van der Waals surface area (Å²) in [5, 5.41) is 10.3. The number of benzene rings is 2. The fraction of sp³-hybridized carbons (Fsp3) is 0.250. The van der Waals surface area contributed by atoms with Gasteiger partial charge in [0.25, 0.3) is 0 Å². The highest BCUT2D eigenvalue weighted by Crippen LogP contribution is 2.34. The predicted octanol–water partition coefficient (Wildman–Crippen LogP) is 3.01. The molecule has 20 heavy (non-hydrogen) atoms. The van der Waals surface area contributed by atoms with Crippen LogP contribution < -0.4 is 9.47 Å². The van der Waals surface area contributed by atoms with Crippen LogP contribution in [0.3, 0.4) is 0 Å². The first-order valence-corrected chi connectivity index (χ1v) is 6.48. The third kappa shape index (κ3) is 2.34. The molecule has 4 heteroatoms. The molecule has 0 aliphatic carbocycles. The van der Waals surface area contributed by atoms with Gasteiger partial charge < -0.3 is 14.6 Å². The lowest BCUT2D eigenvalue weighted by Crippen LogP contribution is -2.35. The number of rotatable bonds is 2. The summed E-state index contributed by atoms with van der Waals surface area (Å²) in [6.07, 6.45) is -1.34. The zero-order chi connectivity index (χ0) is 14.1. The molecule has 1 N–H and O–H groups in total. The van der Waals surface area contributed by atoms with Crippen molar-refractivity contribution < 1.29 is 19.0 Å². The molecule has 2 aromatic carbocycles. The van der Waals surface area contributed by atoms with Gasteiger partial charge in [0.05, 0.1) is 0 Å². The largest absolute Gasteiger partial charge is 0.489 e. The molecule has 1 aliphatic rings. The Morgan fingerprint density at radius 3 is 2.90 bits per heavy atom. The Labute approximate surface area is 116 Å². The van der Waals surface area contributed by atoms with Gasteiger partial charge in [-0.25, -0.2) is 4.39 Å². The van der Waals surface area contributed by atoms with Gasteiger partial charge in [0.1, 0.15) is 30.0 Å². The topological polar surface area (TPSA) is 38.7 Å². The number of para-hydroxylation sites is 1. The average molecular weight is 274 g/mol. The van der Waals surface area contributed by atoms with Crippen molar-refractivity contribution in [2.24, 2.45) is 0 Å². The molecule has 0 aromatic heterocycles. The normalized spacial score (nSPS) is 20.9. The first-order chi connectivity index (χ1) is 9.65. The van der Waals surface area contributed by atoms with Gasteiger partial charge in [0.15, 0.2) is 6.10 Å². The summed E-state index contributed by atoms with van der Waals surface area (Å²) < 4.78 is 24.6. The van der Waals surface area contributed by atoms with Gasteiger partial charge in [0, 0.05) is 11.6 Å². The monoisotopic (exact) mass is 274 g/mol. The van der Waals surface area contributed by atoms with Crippen LogP contribution in [0.15, 0.2) is 42.5 Å². The second-order valence-electron chi connectivity index (χ2n) is 4.86. The smallest absolute Gasteiger partial charge is 0.163 e. The molecule has 0 spiro atoms. The van der Waals surface area contributed by atoms with Crippen LogP contribution in [0.5, 0.6) is 11.5 Å².